The monoisotopic (exact) mass is 295 g/mol. The molecule has 0 spiro atoms. The molecule has 1 amide bonds. The molecule has 0 aromatic heterocycles. The average Bonchev–Trinajstić information content (AvgIpc) is 2.45. The van der Waals surface area contributed by atoms with Gasteiger partial charge < -0.3 is 15.3 Å². The fourth-order valence-electron chi connectivity index (χ4n) is 2.11. The van der Waals surface area contributed by atoms with Crippen molar-refractivity contribution in [2.24, 2.45) is 5.92 Å². The van der Waals surface area contributed by atoms with E-state index in [1.807, 2.05) is 0 Å². The Balaban J connectivity index is 3.06. The summed E-state index contributed by atoms with van der Waals surface area (Å²) in [6, 6.07) is 4.60. The maximum absolute atomic E-state index is 11.5. The minimum Gasteiger partial charge on any atom is -0.389 e. The van der Waals surface area contributed by atoms with Gasteiger partial charge in [-0.2, -0.15) is 0 Å². The third-order valence-corrected chi connectivity index (χ3v) is 3.33. The summed E-state index contributed by atoms with van der Waals surface area (Å²) in [6.45, 7) is 3.66. The number of benzene rings is 1. The van der Waals surface area contributed by atoms with E-state index in [1.165, 1.54) is 6.07 Å². The Kier molecular flexibility index (Phi) is 5.66. The first kappa shape index (κ1) is 16.9. The number of carbonyl (C=O) groups excluding carboxylic acids is 1. The lowest BCUT2D eigenvalue weighted by molar-refractivity contribution is -0.384. The maximum Gasteiger partial charge on any atom is 0.292 e. The van der Waals surface area contributed by atoms with Crippen LogP contribution in [-0.2, 0) is 4.79 Å². The Morgan fingerprint density at radius 2 is 2.10 bits per heavy atom. The van der Waals surface area contributed by atoms with Gasteiger partial charge in [-0.25, -0.2) is 0 Å². The highest BCUT2D eigenvalue weighted by molar-refractivity contribution is 5.79. The van der Waals surface area contributed by atoms with Gasteiger partial charge in [0.1, 0.15) is 5.69 Å². The van der Waals surface area contributed by atoms with Crippen LogP contribution in [0, 0.1) is 16.0 Å². The first-order valence-corrected chi connectivity index (χ1v) is 6.67. The number of anilines is 1. The Labute approximate surface area is 123 Å². The van der Waals surface area contributed by atoms with E-state index in [4.69, 9.17) is 0 Å². The van der Waals surface area contributed by atoms with E-state index in [2.05, 4.69) is 5.32 Å². The lowest BCUT2D eigenvalue weighted by Gasteiger charge is -2.23. The molecule has 0 radical (unpaired) electrons. The van der Waals surface area contributed by atoms with Gasteiger partial charge >= 0.3 is 0 Å². The van der Waals surface area contributed by atoms with E-state index in [-0.39, 0.29) is 17.5 Å². The third-order valence-electron chi connectivity index (χ3n) is 3.33. The second-order valence-corrected chi connectivity index (χ2v) is 5.08. The normalized spacial score (nSPS) is 13.4. The van der Waals surface area contributed by atoms with Crippen LogP contribution < -0.4 is 10.2 Å². The van der Waals surface area contributed by atoms with Gasteiger partial charge in [0, 0.05) is 26.7 Å². The van der Waals surface area contributed by atoms with E-state index >= 15 is 0 Å². The predicted octanol–water partition coefficient (Wildman–Crippen LogP) is 1.47. The van der Waals surface area contributed by atoms with Crippen molar-refractivity contribution in [1.29, 1.82) is 0 Å². The number of nitrogens with zero attached hydrogens (tertiary/aromatic N) is 2. The van der Waals surface area contributed by atoms with Crippen molar-refractivity contribution in [3.63, 3.8) is 0 Å². The zero-order valence-electron chi connectivity index (χ0n) is 12.7. The number of aliphatic hydroxyl groups is 1. The number of nitro benzene ring substituents is 1. The van der Waals surface area contributed by atoms with Crippen molar-refractivity contribution in [3.05, 3.63) is 33.9 Å². The van der Waals surface area contributed by atoms with Gasteiger partial charge in [0.25, 0.3) is 5.69 Å². The van der Waals surface area contributed by atoms with Crippen LogP contribution in [0.2, 0.25) is 0 Å². The molecule has 1 rings (SSSR count). The maximum atomic E-state index is 11.5. The molecule has 0 saturated heterocycles. The molecule has 21 heavy (non-hydrogen) atoms. The van der Waals surface area contributed by atoms with Crippen molar-refractivity contribution >= 4 is 17.3 Å². The zero-order chi connectivity index (χ0) is 16.2. The van der Waals surface area contributed by atoms with Crippen molar-refractivity contribution in [1.82, 2.24) is 5.32 Å². The highest BCUT2D eigenvalue weighted by atomic mass is 16.6. The Morgan fingerprint density at radius 3 is 2.57 bits per heavy atom. The molecule has 0 bridgehead atoms. The van der Waals surface area contributed by atoms with E-state index < -0.39 is 11.0 Å². The fourth-order valence-corrected chi connectivity index (χ4v) is 2.11. The smallest absolute Gasteiger partial charge is 0.292 e. The molecule has 1 aromatic carbocycles. The minimum atomic E-state index is -0.771. The van der Waals surface area contributed by atoms with Gasteiger partial charge in [-0.15, -0.1) is 0 Å². The molecule has 0 aliphatic heterocycles. The zero-order valence-corrected chi connectivity index (χ0v) is 12.7. The lowest BCUT2D eigenvalue weighted by atomic mass is 10.1. The lowest BCUT2D eigenvalue weighted by Crippen LogP contribution is -2.34. The molecule has 0 aliphatic carbocycles. The molecule has 116 valence electrons. The Bertz CT molecular complexity index is 531. The fraction of sp³-hybridized carbons (Fsp3) is 0.500. The summed E-state index contributed by atoms with van der Waals surface area (Å²) in [5, 5.41) is 23.3. The Morgan fingerprint density at radius 1 is 1.48 bits per heavy atom. The SMILES string of the molecule is CNC(=O)C(C)CN(C)c1ccc([C@@H](C)O)cc1[N+](=O)[O-]. The molecular formula is C14H21N3O4. The molecule has 0 saturated carbocycles. The van der Waals surface area contributed by atoms with E-state index in [1.54, 1.807) is 45.0 Å². The van der Waals surface area contributed by atoms with E-state index in [9.17, 15) is 20.0 Å². The van der Waals surface area contributed by atoms with Crippen LogP contribution in [-0.4, -0.2) is 36.6 Å². The topological polar surface area (TPSA) is 95.7 Å². The summed E-state index contributed by atoms with van der Waals surface area (Å²) < 4.78 is 0. The number of aliphatic hydroxyl groups excluding tert-OH is 1. The van der Waals surface area contributed by atoms with Crippen LogP contribution in [0.3, 0.4) is 0 Å². The number of hydrogen-bond donors (Lipinski definition) is 2. The molecule has 2 atom stereocenters. The largest absolute Gasteiger partial charge is 0.389 e. The van der Waals surface area contributed by atoms with Gasteiger partial charge in [-0.3, -0.25) is 14.9 Å². The standard InChI is InChI=1S/C14H21N3O4/c1-9(14(19)15-3)8-16(4)12-6-5-11(10(2)18)7-13(12)17(20)21/h5-7,9-10,18H,8H2,1-4H3,(H,15,19)/t9?,10-/m1/s1. The van der Waals surface area contributed by atoms with Gasteiger partial charge in [0.2, 0.25) is 5.91 Å². The molecule has 1 unspecified atom stereocenters. The number of nitrogens with one attached hydrogen (secondary N) is 1. The van der Waals surface area contributed by atoms with Crippen molar-refractivity contribution in [2.45, 2.75) is 20.0 Å². The van der Waals surface area contributed by atoms with E-state index in [0.29, 0.717) is 17.8 Å². The second kappa shape index (κ2) is 7.03. The van der Waals surface area contributed by atoms with Crippen molar-refractivity contribution in [2.75, 3.05) is 25.5 Å². The Hall–Kier alpha value is -2.15. The average molecular weight is 295 g/mol. The van der Waals surface area contributed by atoms with Crippen molar-refractivity contribution in [3.8, 4) is 0 Å². The van der Waals surface area contributed by atoms with Gasteiger partial charge in [-0.05, 0) is 18.6 Å². The van der Waals surface area contributed by atoms with Crippen LogP contribution in [0.5, 0.6) is 0 Å². The number of hydrogen-bond acceptors (Lipinski definition) is 5. The summed E-state index contributed by atoms with van der Waals surface area (Å²) in [5.41, 5.74) is 0.818. The van der Waals surface area contributed by atoms with Crippen LogP contribution in [0.1, 0.15) is 25.5 Å². The third kappa shape index (κ3) is 4.16. The molecule has 0 heterocycles. The molecule has 0 fully saturated rings. The second-order valence-electron chi connectivity index (χ2n) is 5.08. The summed E-state index contributed by atoms with van der Waals surface area (Å²) >= 11 is 0. The van der Waals surface area contributed by atoms with E-state index in [0.717, 1.165) is 0 Å². The molecule has 2 N–H and O–H groups in total. The van der Waals surface area contributed by atoms with Crippen LogP contribution in [0.15, 0.2) is 18.2 Å². The predicted molar refractivity (Wildman–Crippen MR) is 80.2 cm³/mol. The summed E-state index contributed by atoms with van der Waals surface area (Å²) in [7, 11) is 3.25. The summed E-state index contributed by atoms with van der Waals surface area (Å²) in [4.78, 5) is 23.9. The molecule has 1 aromatic rings. The van der Waals surface area contributed by atoms with Gasteiger partial charge in [0.15, 0.2) is 0 Å². The number of amides is 1. The highest BCUT2D eigenvalue weighted by Gasteiger charge is 2.22. The number of carbonyl (C=O) groups is 1. The van der Waals surface area contributed by atoms with Crippen LogP contribution in [0.25, 0.3) is 0 Å². The van der Waals surface area contributed by atoms with Crippen molar-refractivity contribution < 1.29 is 14.8 Å². The van der Waals surface area contributed by atoms with Gasteiger partial charge in [-0.1, -0.05) is 13.0 Å². The highest BCUT2D eigenvalue weighted by Crippen LogP contribution is 2.30. The first-order valence-electron chi connectivity index (χ1n) is 6.67. The minimum absolute atomic E-state index is 0.0833. The summed E-state index contributed by atoms with van der Waals surface area (Å²) in [5.74, 6) is -0.416. The molecule has 0 aliphatic rings. The first-order chi connectivity index (χ1) is 9.77. The number of rotatable bonds is 6. The number of nitro groups is 1. The summed E-state index contributed by atoms with van der Waals surface area (Å²) in [6.07, 6.45) is -0.771. The van der Waals surface area contributed by atoms with Gasteiger partial charge in [0.05, 0.1) is 16.9 Å². The quantitative estimate of drug-likeness (QED) is 0.612. The molecule has 7 nitrogen and oxygen atoms in total. The molecule has 7 heteroatoms. The van der Waals surface area contributed by atoms with Crippen LogP contribution >= 0.6 is 0 Å². The molecular weight excluding hydrogens is 274 g/mol. The van der Waals surface area contributed by atoms with Crippen LogP contribution in [0.4, 0.5) is 11.4 Å².